The van der Waals surface area contributed by atoms with Crippen LogP contribution >= 0.6 is 11.6 Å². The van der Waals surface area contributed by atoms with Gasteiger partial charge in [-0.25, -0.2) is 0 Å². The Morgan fingerprint density at radius 3 is 2.52 bits per heavy atom. The molecule has 0 aliphatic carbocycles. The Morgan fingerprint density at radius 2 is 1.82 bits per heavy atom. The molecule has 0 bridgehead atoms. The van der Waals surface area contributed by atoms with Crippen molar-refractivity contribution in [3.63, 3.8) is 0 Å². The zero-order chi connectivity index (χ0) is 28.4. The Labute approximate surface area is 234 Å². The number of fused-ring (bicyclic) bond motifs is 1. The number of hydrogen-bond acceptors (Lipinski definition) is 7. The van der Waals surface area contributed by atoms with E-state index in [1.54, 1.807) is 42.3 Å². The third kappa shape index (κ3) is 6.08. The second-order valence-corrected chi connectivity index (χ2v) is 10.2. The second kappa shape index (κ2) is 11.5. The molecule has 2 amide bonds. The van der Waals surface area contributed by atoms with Crippen LogP contribution in [0.25, 0.3) is 0 Å². The largest absolute Gasteiger partial charge is 0.416 e. The quantitative estimate of drug-likeness (QED) is 0.508. The van der Waals surface area contributed by atoms with Crippen LogP contribution in [0.3, 0.4) is 0 Å². The fourth-order valence-corrected chi connectivity index (χ4v) is 5.21. The lowest BCUT2D eigenvalue weighted by molar-refractivity contribution is -0.138. The van der Waals surface area contributed by atoms with Gasteiger partial charge in [0.1, 0.15) is 11.5 Å². The highest BCUT2D eigenvalue weighted by molar-refractivity contribution is 6.30. The molecule has 0 saturated carbocycles. The van der Waals surface area contributed by atoms with Crippen molar-refractivity contribution in [2.75, 3.05) is 51.6 Å². The molecule has 2 aromatic carbocycles. The van der Waals surface area contributed by atoms with E-state index in [0.717, 1.165) is 19.2 Å². The minimum Gasteiger partial charge on any atom is -0.336 e. The Hall–Kier alpha value is -3.61. The number of likely N-dealkylation sites (N-methyl/N-ethyl adjacent to an activating group) is 1. The maximum absolute atomic E-state index is 13.7. The zero-order valence-electron chi connectivity index (χ0n) is 21.8. The number of hydrazine groups is 1. The number of anilines is 1. The summed E-state index contributed by atoms with van der Waals surface area (Å²) in [5, 5.41) is 7.79. The zero-order valence-corrected chi connectivity index (χ0v) is 22.5. The van der Waals surface area contributed by atoms with Crippen LogP contribution in [0.15, 0.2) is 59.2 Å². The Balaban J connectivity index is 1.32. The molecule has 5 rings (SSSR count). The van der Waals surface area contributed by atoms with Crippen LogP contribution in [0.2, 0.25) is 5.02 Å². The Bertz CT molecular complexity index is 1340. The molecule has 9 nitrogen and oxygen atoms in total. The number of nitrogens with zero attached hydrogens (tertiary/aromatic N) is 4. The van der Waals surface area contributed by atoms with E-state index < -0.39 is 23.7 Å². The van der Waals surface area contributed by atoms with Gasteiger partial charge in [0.15, 0.2) is 0 Å². The molecule has 212 valence electrons. The maximum atomic E-state index is 13.7. The van der Waals surface area contributed by atoms with Crippen molar-refractivity contribution in [1.29, 1.82) is 0 Å². The maximum Gasteiger partial charge on any atom is 0.416 e. The molecule has 13 heteroatoms. The van der Waals surface area contributed by atoms with Gasteiger partial charge < -0.3 is 15.5 Å². The molecule has 0 aromatic heterocycles. The number of rotatable bonds is 5. The first-order valence-corrected chi connectivity index (χ1v) is 13.3. The number of nitrogens with one attached hydrogen (secondary N) is 3. The Morgan fingerprint density at radius 1 is 1.10 bits per heavy atom. The minimum atomic E-state index is -4.52. The number of halogens is 4. The van der Waals surface area contributed by atoms with E-state index in [1.165, 1.54) is 17.1 Å². The van der Waals surface area contributed by atoms with Gasteiger partial charge in [0, 0.05) is 62.6 Å². The van der Waals surface area contributed by atoms with Gasteiger partial charge in [-0.2, -0.15) is 13.2 Å². The van der Waals surface area contributed by atoms with Crippen LogP contribution in [-0.4, -0.2) is 84.8 Å². The molecular formula is C27H29ClF3N7O2. The number of piperazine rings is 1. The molecule has 3 heterocycles. The summed E-state index contributed by atoms with van der Waals surface area (Å²) < 4.78 is 41.0. The highest BCUT2D eigenvalue weighted by Crippen LogP contribution is 2.34. The molecule has 0 spiro atoms. The van der Waals surface area contributed by atoms with Crippen LogP contribution in [0, 0.1) is 0 Å². The summed E-state index contributed by atoms with van der Waals surface area (Å²) in [7, 11) is 1.66. The second-order valence-electron chi connectivity index (χ2n) is 9.78. The molecule has 3 N–H and O–H groups in total. The van der Waals surface area contributed by atoms with E-state index in [9.17, 15) is 22.8 Å². The van der Waals surface area contributed by atoms with Crippen LogP contribution < -0.4 is 16.1 Å². The molecule has 3 aliphatic heterocycles. The number of hydrogen-bond donors (Lipinski definition) is 3. The molecule has 1 atom stereocenters. The summed E-state index contributed by atoms with van der Waals surface area (Å²) in [5.74, 6) is 0.0621. The summed E-state index contributed by atoms with van der Waals surface area (Å²) in [4.78, 5) is 34.1. The van der Waals surface area contributed by atoms with Crippen molar-refractivity contribution in [1.82, 2.24) is 25.6 Å². The summed E-state index contributed by atoms with van der Waals surface area (Å²) in [6.07, 6.45) is -2.84. The SMILES string of the molecule is CN1NC2=NCCN(Cc3cc(Cl)ccc3C(F)(F)F)C2C=C1C(=O)Nc1ccc(C(=O)N2CCNCC2)cc1. The summed E-state index contributed by atoms with van der Waals surface area (Å²) in [5.41, 5.74) is 3.70. The fraction of sp³-hybridized carbons (Fsp3) is 0.370. The monoisotopic (exact) mass is 575 g/mol. The number of alkyl halides is 3. The number of amidine groups is 1. The molecule has 1 saturated heterocycles. The topological polar surface area (TPSA) is 92.3 Å². The normalized spacial score (nSPS) is 19.8. The fourth-order valence-electron chi connectivity index (χ4n) is 5.02. The average Bonchev–Trinajstić information content (AvgIpc) is 2.92. The van der Waals surface area contributed by atoms with E-state index in [-0.39, 0.29) is 28.7 Å². The van der Waals surface area contributed by atoms with Crippen LogP contribution in [0.1, 0.15) is 21.5 Å². The van der Waals surface area contributed by atoms with Gasteiger partial charge in [0.05, 0.1) is 18.2 Å². The summed E-state index contributed by atoms with van der Waals surface area (Å²) in [6, 6.07) is 9.69. The van der Waals surface area contributed by atoms with Gasteiger partial charge in [-0.3, -0.25) is 29.9 Å². The molecule has 0 radical (unpaired) electrons. The first kappa shape index (κ1) is 27.9. The molecule has 40 heavy (non-hydrogen) atoms. The van der Waals surface area contributed by atoms with Gasteiger partial charge in [-0.15, -0.1) is 0 Å². The molecule has 3 aliphatic rings. The van der Waals surface area contributed by atoms with Crippen molar-refractivity contribution in [2.45, 2.75) is 18.8 Å². The van der Waals surface area contributed by atoms with Gasteiger partial charge in [-0.1, -0.05) is 11.6 Å². The third-order valence-electron chi connectivity index (χ3n) is 7.07. The lowest BCUT2D eigenvalue weighted by atomic mass is 10.0. The van der Waals surface area contributed by atoms with Gasteiger partial charge >= 0.3 is 6.18 Å². The molecule has 2 aromatic rings. The average molecular weight is 576 g/mol. The smallest absolute Gasteiger partial charge is 0.336 e. The lowest BCUT2D eigenvalue weighted by Crippen LogP contribution is -2.58. The van der Waals surface area contributed by atoms with Gasteiger partial charge in [-0.05, 0) is 54.1 Å². The number of benzene rings is 2. The summed E-state index contributed by atoms with van der Waals surface area (Å²) >= 11 is 6.03. The number of aliphatic imine (C=N–C) groups is 1. The highest BCUT2D eigenvalue weighted by atomic mass is 35.5. The van der Waals surface area contributed by atoms with Crippen molar-refractivity contribution in [2.24, 2.45) is 4.99 Å². The van der Waals surface area contributed by atoms with E-state index >= 15 is 0 Å². The predicted octanol–water partition coefficient (Wildman–Crippen LogP) is 2.96. The highest BCUT2D eigenvalue weighted by Gasteiger charge is 2.37. The van der Waals surface area contributed by atoms with Crippen molar-refractivity contribution in [3.8, 4) is 0 Å². The number of amides is 2. The number of carbonyl (C=O) groups excluding carboxylic acids is 2. The van der Waals surface area contributed by atoms with E-state index in [2.05, 4.69) is 21.1 Å². The third-order valence-corrected chi connectivity index (χ3v) is 7.31. The van der Waals surface area contributed by atoms with Gasteiger partial charge in [0.25, 0.3) is 11.8 Å². The summed E-state index contributed by atoms with van der Waals surface area (Å²) in [6.45, 7) is 3.55. The molecule has 1 fully saturated rings. The van der Waals surface area contributed by atoms with Crippen molar-refractivity contribution in [3.05, 3.63) is 76.0 Å². The predicted molar refractivity (Wildman–Crippen MR) is 146 cm³/mol. The minimum absolute atomic E-state index is 0.0293. The standard InChI is InChI=1S/C27H29ClF3N7O2/c1-36-23(25(39)34-20-5-2-17(3-6-20)26(40)37-11-8-32-9-12-37)15-22-24(35-36)33-10-13-38(22)16-18-14-19(28)4-7-21(18)27(29,30)31/h2-7,14-15,22,32H,8-13,16H2,1H3,(H,33,35)(H,34,39). The first-order chi connectivity index (χ1) is 19.1. The van der Waals surface area contributed by atoms with Crippen LogP contribution in [0.4, 0.5) is 18.9 Å². The first-order valence-electron chi connectivity index (χ1n) is 12.9. The van der Waals surface area contributed by atoms with Crippen LogP contribution in [-0.2, 0) is 17.5 Å². The van der Waals surface area contributed by atoms with E-state index in [1.807, 2.05) is 4.90 Å². The van der Waals surface area contributed by atoms with Gasteiger partial charge in [0.2, 0.25) is 0 Å². The van der Waals surface area contributed by atoms with E-state index in [0.29, 0.717) is 43.3 Å². The molecular weight excluding hydrogens is 547 g/mol. The Kier molecular flexibility index (Phi) is 8.02. The lowest BCUT2D eigenvalue weighted by Gasteiger charge is -2.40. The van der Waals surface area contributed by atoms with E-state index in [4.69, 9.17) is 11.6 Å². The number of carbonyl (C=O) groups is 2. The van der Waals surface area contributed by atoms with Crippen molar-refractivity contribution >= 4 is 34.9 Å². The molecule has 1 unspecified atom stereocenters. The van der Waals surface area contributed by atoms with Crippen molar-refractivity contribution < 1.29 is 22.8 Å². The van der Waals surface area contributed by atoms with Crippen LogP contribution in [0.5, 0.6) is 0 Å².